The predicted octanol–water partition coefficient (Wildman–Crippen LogP) is 4.04. The van der Waals surface area contributed by atoms with Gasteiger partial charge in [-0.15, -0.1) is 0 Å². The van der Waals surface area contributed by atoms with Gasteiger partial charge in [0.2, 0.25) is 0 Å². The Balaban J connectivity index is 2.09. The molecule has 0 saturated heterocycles. The minimum atomic E-state index is -0.359. The fraction of sp³-hybridized carbons (Fsp3) is 0.211. The zero-order valence-electron chi connectivity index (χ0n) is 12.3. The molecule has 0 aliphatic rings. The van der Waals surface area contributed by atoms with E-state index in [0.717, 1.165) is 18.2 Å². The van der Waals surface area contributed by atoms with Gasteiger partial charge in [0.25, 0.3) is 0 Å². The highest BCUT2D eigenvalue weighted by atomic mass is 14.7. The molecule has 21 heavy (non-hydrogen) atoms. The second-order valence-electron chi connectivity index (χ2n) is 5.57. The van der Waals surface area contributed by atoms with E-state index in [-0.39, 0.29) is 5.54 Å². The Morgan fingerprint density at radius 2 is 1.81 bits per heavy atom. The van der Waals surface area contributed by atoms with Gasteiger partial charge in [-0.05, 0) is 35.4 Å². The molecule has 1 aromatic heterocycles. The van der Waals surface area contributed by atoms with E-state index >= 15 is 0 Å². The molecule has 0 bridgehead atoms. The average molecular weight is 276 g/mol. The number of nitrogens with zero attached hydrogens (tertiary/aromatic N) is 1. The van der Waals surface area contributed by atoms with Gasteiger partial charge in [0.15, 0.2) is 0 Å². The maximum Gasteiger partial charge on any atom is 0.0454 e. The van der Waals surface area contributed by atoms with Crippen LogP contribution in [0, 0.1) is 0 Å². The number of benzene rings is 2. The lowest BCUT2D eigenvalue weighted by atomic mass is 9.80. The highest BCUT2D eigenvalue weighted by Gasteiger charge is 2.27. The van der Waals surface area contributed by atoms with Crippen LogP contribution < -0.4 is 5.73 Å². The Bertz CT molecular complexity index is 731. The van der Waals surface area contributed by atoms with Crippen molar-refractivity contribution in [3.63, 3.8) is 0 Å². The van der Waals surface area contributed by atoms with E-state index in [4.69, 9.17) is 5.73 Å². The second kappa shape index (κ2) is 5.66. The molecule has 0 saturated carbocycles. The van der Waals surface area contributed by atoms with E-state index in [1.807, 2.05) is 18.5 Å². The van der Waals surface area contributed by atoms with Crippen molar-refractivity contribution in [3.05, 3.63) is 78.1 Å². The molecule has 0 radical (unpaired) electrons. The summed E-state index contributed by atoms with van der Waals surface area (Å²) in [6.07, 6.45) is 5.47. The molecule has 0 fully saturated rings. The van der Waals surface area contributed by atoms with Crippen LogP contribution in [-0.2, 0) is 12.0 Å². The van der Waals surface area contributed by atoms with Crippen LogP contribution in [0.2, 0.25) is 0 Å². The van der Waals surface area contributed by atoms with Crippen LogP contribution in [-0.4, -0.2) is 4.98 Å². The molecule has 1 atom stereocenters. The molecule has 0 aliphatic carbocycles. The molecule has 1 heterocycles. The van der Waals surface area contributed by atoms with Gasteiger partial charge in [-0.25, -0.2) is 0 Å². The van der Waals surface area contributed by atoms with E-state index in [0.29, 0.717) is 0 Å². The van der Waals surface area contributed by atoms with Gasteiger partial charge >= 0.3 is 0 Å². The molecular formula is C19H20N2. The summed E-state index contributed by atoms with van der Waals surface area (Å²) in [6.45, 7) is 2.16. The number of aromatic nitrogens is 1. The molecule has 2 nitrogen and oxygen atoms in total. The molecular weight excluding hydrogens is 256 g/mol. The Kier molecular flexibility index (Phi) is 3.72. The van der Waals surface area contributed by atoms with Gasteiger partial charge < -0.3 is 5.73 Å². The number of hydrogen-bond donors (Lipinski definition) is 1. The maximum atomic E-state index is 6.80. The third-order valence-electron chi connectivity index (χ3n) is 4.21. The van der Waals surface area contributed by atoms with Crippen LogP contribution in [0.4, 0.5) is 0 Å². The lowest BCUT2D eigenvalue weighted by molar-refractivity contribution is 0.428. The van der Waals surface area contributed by atoms with Gasteiger partial charge in [-0.1, -0.05) is 55.5 Å². The number of pyridine rings is 1. The molecule has 2 N–H and O–H groups in total. The minimum absolute atomic E-state index is 0.359. The Morgan fingerprint density at radius 3 is 2.57 bits per heavy atom. The van der Waals surface area contributed by atoms with E-state index in [1.165, 1.54) is 16.5 Å². The summed E-state index contributed by atoms with van der Waals surface area (Å²) in [6, 6.07) is 18.8. The maximum absolute atomic E-state index is 6.80. The lowest BCUT2D eigenvalue weighted by Crippen LogP contribution is -2.38. The Hall–Kier alpha value is -2.19. The summed E-state index contributed by atoms with van der Waals surface area (Å²) in [4.78, 5) is 4.21. The van der Waals surface area contributed by atoms with E-state index < -0.39 is 0 Å². The summed E-state index contributed by atoms with van der Waals surface area (Å²) >= 11 is 0. The molecule has 2 aromatic carbocycles. The lowest BCUT2D eigenvalue weighted by Gasteiger charge is -2.30. The van der Waals surface area contributed by atoms with Crippen molar-refractivity contribution >= 4 is 10.8 Å². The largest absolute Gasteiger partial charge is 0.321 e. The first kappa shape index (κ1) is 13.8. The third kappa shape index (κ3) is 2.67. The summed E-state index contributed by atoms with van der Waals surface area (Å²) in [5.41, 5.74) is 8.91. The van der Waals surface area contributed by atoms with Crippen LogP contribution in [0.15, 0.2) is 67.0 Å². The van der Waals surface area contributed by atoms with E-state index in [2.05, 4.69) is 60.4 Å². The number of fused-ring (bicyclic) bond motifs is 1. The van der Waals surface area contributed by atoms with Crippen molar-refractivity contribution in [3.8, 4) is 0 Å². The SMILES string of the molecule is CCC(N)(Cc1ccccc1)c1cccc2cnccc12. The van der Waals surface area contributed by atoms with Crippen molar-refractivity contribution in [2.45, 2.75) is 25.3 Å². The normalized spacial score (nSPS) is 14.0. The van der Waals surface area contributed by atoms with Crippen molar-refractivity contribution in [1.82, 2.24) is 4.98 Å². The number of hydrogen-bond acceptors (Lipinski definition) is 2. The first-order valence-electron chi connectivity index (χ1n) is 7.39. The van der Waals surface area contributed by atoms with Crippen molar-refractivity contribution in [2.24, 2.45) is 5.73 Å². The number of rotatable bonds is 4. The molecule has 0 spiro atoms. The van der Waals surface area contributed by atoms with Crippen LogP contribution in [0.5, 0.6) is 0 Å². The summed E-state index contributed by atoms with van der Waals surface area (Å²) in [5.74, 6) is 0. The van der Waals surface area contributed by atoms with Crippen LogP contribution >= 0.6 is 0 Å². The van der Waals surface area contributed by atoms with Crippen LogP contribution in [0.3, 0.4) is 0 Å². The Morgan fingerprint density at radius 1 is 1.00 bits per heavy atom. The molecule has 3 rings (SSSR count). The zero-order chi connectivity index (χ0) is 14.7. The van der Waals surface area contributed by atoms with Gasteiger partial charge in [0.05, 0.1) is 0 Å². The smallest absolute Gasteiger partial charge is 0.0454 e. The summed E-state index contributed by atoms with van der Waals surface area (Å²) in [7, 11) is 0. The molecule has 1 unspecified atom stereocenters. The quantitative estimate of drug-likeness (QED) is 0.781. The standard InChI is InChI=1S/C19H20N2/c1-2-19(20,13-15-7-4-3-5-8-15)18-10-6-9-16-14-21-12-11-17(16)18/h3-12,14H,2,13,20H2,1H3. The molecule has 3 aromatic rings. The predicted molar refractivity (Wildman–Crippen MR) is 88.0 cm³/mol. The molecule has 106 valence electrons. The fourth-order valence-electron chi connectivity index (χ4n) is 2.93. The second-order valence-corrected chi connectivity index (χ2v) is 5.57. The Labute approximate surface area is 125 Å². The van der Waals surface area contributed by atoms with Crippen LogP contribution in [0.25, 0.3) is 10.8 Å². The highest BCUT2D eigenvalue weighted by Crippen LogP contribution is 2.32. The number of nitrogens with two attached hydrogens (primary N) is 1. The van der Waals surface area contributed by atoms with E-state index in [9.17, 15) is 0 Å². The average Bonchev–Trinajstić information content (AvgIpc) is 2.55. The topological polar surface area (TPSA) is 38.9 Å². The highest BCUT2D eigenvalue weighted by molar-refractivity contribution is 5.85. The van der Waals surface area contributed by atoms with E-state index in [1.54, 1.807) is 0 Å². The fourth-order valence-corrected chi connectivity index (χ4v) is 2.93. The summed E-state index contributed by atoms with van der Waals surface area (Å²) in [5, 5.41) is 2.35. The van der Waals surface area contributed by atoms with Crippen molar-refractivity contribution in [1.29, 1.82) is 0 Å². The van der Waals surface area contributed by atoms with Crippen LogP contribution in [0.1, 0.15) is 24.5 Å². The van der Waals surface area contributed by atoms with Crippen molar-refractivity contribution < 1.29 is 0 Å². The van der Waals surface area contributed by atoms with Gasteiger partial charge in [-0.2, -0.15) is 0 Å². The first-order chi connectivity index (χ1) is 10.2. The third-order valence-corrected chi connectivity index (χ3v) is 4.21. The van der Waals surface area contributed by atoms with Gasteiger partial charge in [-0.3, -0.25) is 4.98 Å². The monoisotopic (exact) mass is 276 g/mol. The molecule has 2 heteroatoms. The van der Waals surface area contributed by atoms with Gasteiger partial charge in [0, 0.05) is 23.3 Å². The van der Waals surface area contributed by atoms with Crippen molar-refractivity contribution in [2.75, 3.05) is 0 Å². The molecule has 0 amide bonds. The van der Waals surface area contributed by atoms with Gasteiger partial charge in [0.1, 0.15) is 0 Å². The minimum Gasteiger partial charge on any atom is -0.321 e. The molecule has 0 aliphatic heterocycles. The zero-order valence-corrected chi connectivity index (χ0v) is 12.3. The summed E-state index contributed by atoms with van der Waals surface area (Å²) < 4.78 is 0. The first-order valence-corrected chi connectivity index (χ1v) is 7.39.